The van der Waals surface area contributed by atoms with Gasteiger partial charge in [-0.1, -0.05) is 6.07 Å². The number of nitrogens with one attached hydrogen (secondary N) is 1. The fourth-order valence-electron chi connectivity index (χ4n) is 2.01. The summed E-state index contributed by atoms with van der Waals surface area (Å²) in [4.78, 5) is 8.55. The molecule has 5 heteroatoms. The van der Waals surface area contributed by atoms with Crippen molar-refractivity contribution in [3.05, 3.63) is 60.3 Å². The smallest absolute Gasteiger partial charge is 0.140 e. The van der Waals surface area contributed by atoms with Gasteiger partial charge < -0.3 is 9.72 Å². The minimum atomic E-state index is 0.427. The average molecular weight is 263 g/mol. The molecule has 0 spiro atoms. The lowest BCUT2D eigenvalue weighted by Crippen LogP contribution is -2.05. The van der Waals surface area contributed by atoms with E-state index in [0.717, 1.165) is 30.0 Å². The predicted molar refractivity (Wildman–Crippen MR) is 76.3 cm³/mol. The predicted octanol–water partition coefficient (Wildman–Crippen LogP) is 2.26. The molecular weight excluding hydrogens is 250 g/mol. The third kappa shape index (κ3) is 2.59. The molecule has 3 aromatic rings. The standard InChI is InChI=1S/C15H13N5/c16-9-12-4-5-13(10-18-12)17-7-6-14-11-20-8-2-1-3-15(20)19-14/h1-5,8,10-11,17H,6-7H2. The lowest BCUT2D eigenvalue weighted by Gasteiger charge is -2.03. The van der Waals surface area contributed by atoms with Crippen molar-refractivity contribution in [2.24, 2.45) is 0 Å². The number of nitrogens with zero attached hydrogens (tertiary/aromatic N) is 4. The van der Waals surface area contributed by atoms with E-state index in [4.69, 9.17) is 5.26 Å². The Morgan fingerprint density at radius 1 is 1.25 bits per heavy atom. The van der Waals surface area contributed by atoms with Crippen LogP contribution >= 0.6 is 0 Å². The minimum Gasteiger partial charge on any atom is -0.383 e. The first kappa shape index (κ1) is 12.2. The lowest BCUT2D eigenvalue weighted by molar-refractivity contribution is 0.977. The summed E-state index contributed by atoms with van der Waals surface area (Å²) in [6.07, 6.45) is 6.53. The number of nitriles is 1. The van der Waals surface area contributed by atoms with Gasteiger partial charge in [0.1, 0.15) is 17.4 Å². The molecule has 20 heavy (non-hydrogen) atoms. The second-order valence-corrected chi connectivity index (χ2v) is 4.42. The highest BCUT2D eigenvalue weighted by Gasteiger charge is 2.01. The number of fused-ring (bicyclic) bond motifs is 1. The van der Waals surface area contributed by atoms with Crippen LogP contribution in [-0.2, 0) is 6.42 Å². The quantitative estimate of drug-likeness (QED) is 0.784. The third-order valence-electron chi connectivity index (χ3n) is 3.00. The monoisotopic (exact) mass is 263 g/mol. The first-order chi connectivity index (χ1) is 9.85. The Bertz CT molecular complexity index is 719. The molecule has 0 aliphatic heterocycles. The molecule has 98 valence electrons. The molecule has 3 heterocycles. The van der Waals surface area contributed by atoms with E-state index in [1.165, 1.54) is 0 Å². The van der Waals surface area contributed by atoms with Crippen LogP contribution in [0.4, 0.5) is 5.69 Å². The summed E-state index contributed by atoms with van der Waals surface area (Å²) in [5, 5.41) is 11.9. The van der Waals surface area contributed by atoms with Crippen LogP contribution in [0, 0.1) is 11.3 Å². The highest BCUT2D eigenvalue weighted by atomic mass is 15.0. The van der Waals surface area contributed by atoms with Gasteiger partial charge in [0.05, 0.1) is 17.6 Å². The number of aromatic nitrogens is 3. The first-order valence-corrected chi connectivity index (χ1v) is 6.38. The fraction of sp³-hybridized carbons (Fsp3) is 0.133. The largest absolute Gasteiger partial charge is 0.383 e. The second kappa shape index (κ2) is 5.41. The molecule has 0 aromatic carbocycles. The molecule has 0 bridgehead atoms. The summed E-state index contributed by atoms with van der Waals surface area (Å²) in [6, 6.07) is 11.5. The maximum absolute atomic E-state index is 8.68. The third-order valence-corrected chi connectivity index (χ3v) is 3.00. The Hall–Kier alpha value is -2.87. The maximum atomic E-state index is 8.68. The Labute approximate surface area is 116 Å². The van der Waals surface area contributed by atoms with E-state index in [9.17, 15) is 0 Å². The van der Waals surface area contributed by atoms with Gasteiger partial charge in [-0.25, -0.2) is 9.97 Å². The van der Waals surface area contributed by atoms with Crippen LogP contribution in [0.1, 0.15) is 11.4 Å². The summed E-state index contributed by atoms with van der Waals surface area (Å²) in [5.74, 6) is 0. The van der Waals surface area contributed by atoms with Crippen molar-refractivity contribution >= 4 is 11.3 Å². The average Bonchev–Trinajstić information content (AvgIpc) is 2.90. The zero-order valence-electron chi connectivity index (χ0n) is 10.8. The molecule has 0 amide bonds. The van der Waals surface area contributed by atoms with Crippen LogP contribution < -0.4 is 5.32 Å². The minimum absolute atomic E-state index is 0.427. The molecule has 0 fully saturated rings. The summed E-state index contributed by atoms with van der Waals surface area (Å²) in [5.41, 5.74) is 3.34. The molecule has 0 aliphatic rings. The van der Waals surface area contributed by atoms with Gasteiger partial charge in [0.2, 0.25) is 0 Å². The van der Waals surface area contributed by atoms with Gasteiger partial charge in [-0.05, 0) is 24.3 Å². The second-order valence-electron chi connectivity index (χ2n) is 4.42. The van der Waals surface area contributed by atoms with Gasteiger partial charge in [0.25, 0.3) is 0 Å². The van der Waals surface area contributed by atoms with E-state index in [-0.39, 0.29) is 0 Å². The molecule has 3 aromatic heterocycles. The van der Waals surface area contributed by atoms with Crippen molar-refractivity contribution < 1.29 is 0 Å². The van der Waals surface area contributed by atoms with Gasteiger partial charge in [-0.2, -0.15) is 5.26 Å². The summed E-state index contributed by atoms with van der Waals surface area (Å²) in [7, 11) is 0. The number of pyridine rings is 2. The summed E-state index contributed by atoms with van der Waals surface area (Å²) in [6.45, 7) is 0.775. The molecular formula is C15H13N5. The van der Waals surface area contributed by atoms with Crippen molar-refractivity contribution in [3.8, 4) is 6.07 Å². The van der Waals surface area contributed by atoms with Gasteiger partial charge in [0, 0.05) is 25.4 Å². The van der Waals surface area contributed by atoms with Crippen molar-refractivity contribution in [1.82, 2.24) is 14.4 Å². The highest BCUT2D eigenvalue weighted by molar-refractivity contribution is 5.43. The van der Waals surface area contributed by atoms with Crippen LogP contribution in [0.25, 0.3) is 5.65 Å². The molecule has 0 saturated heterocycles. The zero-order chi connectivity index (χ0) is 13.8. The van der Waals surface area contributed by atoms with E-state index >= 15 is 0 Å². The Morgan fingerprint density at radius 3 is 2.95 bits per heavy atom. The van der Waals surface area contributed by atoms with Crippen molar-refractivity contribution in [3.63, 3.8) is 0 Å². The van der Waals surface area contributed by atoms with Gasteiger partial charge >= 0.3 is 0 Å². The topological polar surface area (TPSA) is 66.0 Å². The molecule has 1 N–H and O–H groups in total. The number of anilines is 1. The van der Waals surface area contributed by atoms with E-state index < -0.39 is 0 Å². The van der Waals surface area contributed by atoms with E-state index in [1.807, 2.05) is 47.1 Å². The van der Waals surface area contributed by atoms with Crippen LogP contribution in [0.5, 0.6) is 0 Å². The van der Waals surface area contributed by atoms with Crippen LogP contribution in [0.3, 0.4) is 0 Å². The number of hydrogen-bond donors (Lipinski definition) is 1. The zero-order valence-corrected chi connectivity index (χ0v) is 10.8. The molecule has 0 saturated carbocycles. The van der Waals surface area contributed by atoms with Crippen molar-refractivity contribution in [2.75, 3.05) is 11.9 Å². The van der Waals surface area contributed by atoms with Crippen LogP contribution in [-0.4, -0.2) is 20.9 Å². The van der Waals surface area contributed by atoms with Gasteiger partial charge in [-0.15, -0.1) is 0 Å². The number of hydrogen-bond acceptors (Lipinski definition) is 4. The number of rotatable bonds is 4. The Morgan fingerprint density at radius 2 is 2.20 bits per heavy atom. The van der Waals surface area contributed by atoms with E-state index in [2.05, 4.69) is 15.3 Å². The fourth-order valence-corrected chi connectivity index (χ4v) is 2.01. The molecule has 5 nitrogen and oxygen atoms in total. The van der Waals surface area contributed by atoms with E-state index in [1.54, 1.807) is 12.3 Å². The summed E-state index contributed by atoms with van der Waals surface area (Å²) >= 11 is 0. The van der Waals surface area contributed by atoms with Crippen LogP contribution in [0.2, 0.25) is 0 Å². The molecule has 3 rings (SSSR count). The molecule has 0 atom stereocenters. The lowest BCUT2D eigenvalue weighted by atomic mass is 10.3. The molecule has 0 unspecified atom stereocenters. The van der Waals surface area contributed by atoms with Gasteiger partial charge in [-0.3, -0.25) is 0 Å². The van der Waals surface area contributed by atoms with Crippen molar-refractivity contribution in [2.45, 2.75) is 6.42 Å². The maximum Gasteiger partial charge on any atom is 0.140 e. The highest BCUT2D eigenvalue weighted by Crippen LogP contribution is 2.08. The first-order valence-electron chi connectivity index (χ1n) is 6.38. The molecule has 0 aliphatic carbocycles. The van der Waals surface area contributed by atoms with Gasteiger partial charge in [0.15, 0.2) is 0 Å². The van der Waals surface area contributed by atoms with Crippen LogP contribution in [0.15, 0.2) is 48.9 Å². The normalized spacial score (nSPS) is 10.3. The van der Waals surface area contributed by atoms with E-state index in [0.29, 0.717) is 5.69 Å². The summed E-state index contributed by atoms with van der Waals surface area (Å²) < 4.78 is 2.01. The SMILES string of the molecule is N#Cc1ccc(NCCc2cn3ccccc3n2)cn1. The Kier molecular flexibility index (Phi) is 3.29. The number of imidazole rings is 1. The molecule has 0 radical (unpaired) electrons. The van der Waals surface area contributed by atoms with Crippen molar-refractivity contribution in [1.29, 1.82) is 5.26 Å². The Balaban J connectivity index is 1.60.